The van der Waals surface area contributed by atoms with Gasteiger partial charge < -0.3 is 0 Å². The topological polar surface area (TPSA) is 3.88 Å². The average molecular weight is 451 g/mol. The molecule has 33 heavy (non-hydrogen) atoms. The summed E-state index contributed by atoms with van der Waals surface area (Å²) in [5.41, 5.74) is 8.07. The minimum atomic E-state index is 0.0701. The number of hydrogen-bond donors (Lipinski definition) is 0. The first-order valence-corrected chi connectivity index (χ1v) is 12.6. The zero-order valence-corrected chi connectivity index (χ0v) is 21.3. The maximum absolute atomic E-state index is 2.43. The van der Waals surface area contributed by atoms with Crippen molar-refractivity contribution >= 4 is 32.2 Å². The highest BCUT2D eigenvalue weighted by Gasteiger charge is 2.23. The zero-order chi connectivity index (χ0) is 23.3. The van der Waals surface area contributed by atoms with Crippen molar-refractivity contribution in [1.29, 1.82) is 0 Å². The highest BCUT2D eigenvalue weighted by Crippen LogP contribution is 2.39. The Morgan fingerprint density at radius 1 is 0.879 bits per heavy atom. The van der Waals surface area contributed by atoms with Crippen molar-refractivity contribution in [3.63, 3.8) is 0 Å². The molecule has 0 atom stereocenters. The van der Waals surface area contributed by atoms with Crippen LogP contribution in [0.25, 0.3) is 42.6 Å². The van der Waals surface area contributed by atoms with Crippen LogP contribution in [0.2, 0.25) is 0 Å². The lowest BCUT2D eigenvalue weighted by atomic mass is 9.80. The first-order chi connectivity index (χ1) is 15.8. The summed E-state index contributed by atoms with van der Waals surface area (Å²) < 4.78 is 3.63. The van der Waals surface area contributed by atoms with Crippen LogP contribution >= 0.6 is 11.3 Å². The molecular weight excluding hydrogens is 418 g/mol. The maximum Gasteiger partial charge on any atom is 0.213 e. The molecule has 0 aliphatic rings. The molecule has 0 radical (unpaired) electrons. The summed E-state index contributed by atoms with van der Waals surface area (Å²) in [5.74, 6) is 0. The minimum Gasteiger partial charge on any atom is -0.201 e. The SMILES string of the molecule is CCc1ccc2cc(-c3cc[n+](C)c(-c4cc(C(C)(C)C)c5ccccc5c4C)c3)sc2c1. The molecule has 2 heteroatoms. The summed E-state index contributed by atoms with van der Waals surface area (Å²) in [4.78, 5) is 1.33. The van der Waals surface area contributed by atoms with E-state index < -0.39 is 0 Å². The van der Waals surface area contributed by atoms with Gasteiger partial charge in [-0.05, 0) is 69.8 Å². The molecule has 0 spiro atoms. The molecule has 2 aromatic heterocycles. The van der Waals surface area contributed by atoms with Crippen molar-refractivity contribution in [2.75, 3.05) is 0 Å². The molecule has 0 aliphatic carbocycles. The van der Waals surface area contributed by atoms with E-state index in [-0.39, 0.29) is 5.41 Å². The van der Waals surface area contributed by atoms with E-state index in [0.717, 1.165) is 6.42 Å². The number of aryl methyl sites for hydroxylation is 3. The van der Waals surface area contributed by atoms with Crippen LogP contribution in [0.15, 0.2) is 72.9 Å². The van der Waals surface area contributed by atoms with Gasteiger partial charge in [0.2, 0.25) is 5.69 Å². The van der Waals surface area contributed by atoms with Gasteiger partial charge in [0.05, 0.1) is 0 Å². The van der Waals surface area contributed by atoms with E-state index in [1.807, 2.05) is 11.3 Å². The third-order valence-electron chi connectivity index (χ3n) is 6.83. The molecule has 0 fully saturated rings. The van der Waals surface area contributed by atoms with Gasteiger partial charge in [0.15, 0.2) is 6.20 Å². The van der Waals surface area contributed by atoms with Crippen molar-refractivity contribution in [2.45, 2.75) is 46.5 Å². The van der Waals surface area contributed by atoms with Gasteiger partial charge in [0.25, 0.3) is 0 Å². The van der Waals surface area contributed by atoms with Gasteiger partial charge in [-0.3, -0.25) is 0 Å². The summed E-state index contributed by atoms with van der Waals surface area (Å²) >= 11 is 1.89. The number of thiophene rings is 1. The predicted molar refractivity (Wildman–Crippen MR) is 144 cm³/mol. The largest absolute Gasteiger partial charge is 0.213 e. The molecule has 166 valence electrons. The van der Waals surface area contributed by atoms with Gasteiger partial charge in [-0.15, -0.1) is 11.3 Å². The second-order valence-electron chi connectivity index (χ2n) is 10.1. The van der Waals surface area contributed by atoms with E-state index in [9.17, 15) is 0 Å². The molecule has 0 amide bonds. The molecule has 5 rings (SSSR count). The van der Waals surface area contributed by atoms with Crippen LogP contribution < -0.4 is 4.57 Å². The standard InChI is InChI=1S/C31H32NS/c1-7-21-12-13-22-18-30(33-29(22)16-21)23-14-15-32(6)28(17-23)26-19-27(31(3,4)5)25-11-9-8-10-24(25)20(26)2/h8-19H,7H2,1-6H3/q+1. The molecule has 0 aliphatic heterocycles. The Balaban J connectivity index is 1.71. The summed E-state index contributed by atoms with van der Waals surface area (Å²) in [6.45, 7) is 11.4. The number of aromatic nitrogens is 1. The minimum absolute atomic E-state index is 0.0701. The number of benzene rings is 3. The molecule has 0 saturated heterocycles. The summed E-state index contributed by atoms with van der Waals surface area (Å²) in [6, 6.07) is 25.1. The lowest BCUT2D eigenvalue weighted by Crippen LogP contribution is -2.30. The van der Waals surface area contributed by atoms with Gasteiger partial charge in [-0.2, -0.15) is 0 Å². The Labute approximate surface area is 201 Å². The quantitative estimate of drug-likeness (QED) is 0.243. The van der Waals surface area contributed by atoms with Gasteiger partial charge >= 0.3 is 0 Å². The van der Waals surface area contributed by atoms with E-state index >= 15 is 0 Å². The first kappa shape index (κ1) is 21.9. The molecule has 0 bridgehead atoms. The molecule has 0 N–H and O–H groups in total. The lowest BCUT2D eigenvalue weighted by molar-refractivity contribution is -0.660. The Kier molecular flexibility index (Phi) is 5.37. The average Bonchev–Trinajstić information content (AvgIpc) is 3.22. The molecular formula is C31H32NS+. The molecule has 0 saturated carbocycles. The molecule has 1 nitrogen and oxygen atoms in total. The van der Waals surface area contributed by atoms with Gasteiger partial charge in [-0.1, -0.05) is 64.1 Å². The molecule has 0 unspecified atom stereocenters. The van der Waals surface area contributed by atoms with E-state index in [2.05, 4.69) is 119 Å². The maximum atomic E-state index is 2.43. The fourth-order valence-electron chi connectivity index (χ4n) is 4.84. The number of pyridine rings is 1. The summed E-state index contributed by atoms with van der Waals surface area (Å²) in [7, 11) is 2.16. The van der Waals surface area contributed by atoms with Crippen molar-refractivity contribution < 1.29 is 4.57 Å². The molecule has 5 aromatic rings. The third kappa shape index (κ3) is 3.87. The first-order valence-electron chi connectivity index (χ1n) is 11.8. The lowest BCUT2D eigenvalue weighted by Gasteiger charge is -2.24. The van der Waals surface area contributed by atoms with Crippen LogP contribution in [0, 0.1) is 6.92 Å². The van der Waals surface area contributed by atoms with Gasteiger partial charge in [0.1, 0.15) is 7.05 Å². The highest BCUT2D eigenvalue weighted by atomic mass is 32.1. The molecule has 3 aromatic carbocycles. The number of fused-ring (bicyclic) bond motifs is 2. The molecule has 2 heterocycles. The summed E-state index contributed by atoms with van der Waals surface area (Å²) in [6.07, 6.45) is 3.28. The van der Waals surface area contributed by atoms with Crippen molar-refractivity contribution in [2.24, 2.45) is 7.05 Å². The van der Waals surface area contributed by atoms with Crippen LogP contribution in [0.3, 0.4) is 0 Å². The van der Waals surface area contributed by atoms with Crippen molar-refractivity contribution in [3.8, 4) is 21.7 Å². The smallest absolute Gasteiger partial charge is 0.201 e. The van der Waals surface area contributed by atoms with E-state index in [1.165, 1.54) is 59.2 Å². The Morgan fingerprint density at radius 2 is 1.64 bits per heavy atom. The highest BCUT2D eigenvalue weighted by molar-refractivity contribution is 7.22. The fourth-order valence-corrected chi connectivity index (χ4v) is 5.96. The van der Waals surface area contributed by atoms with E-state index in [0.29, 0.717) is 0 Å². The van der Waals surface area contributed by atoms with Gasteiger partial charge in [-0.25, -0.2) is 4.57 Å². The van der Waals surface area contributed by atoms with E-state index in [4.69, 9.17) is 0 Å². The zero-order valence-electron chi connectivity index (χ0n) is 20.5. The number of nitrogens with zero attached hydrogens (tertiary/aromatic N) is 1. The monoisotopic (exact) mass is 450 g/mol. The van der Waals surface area contributed by atoms with Crippen LogP contribution in [-0.4, -0.2) is 0 Å². The Bertz CT molecular complexity index is 1500. The fraction of sp³-hybridized carbons (Fsp3) is 0.258. The van der Waals surface area contributed by atoms with Crippen LogP contribution in [0.5, 0.6) is 0 Å². The third-order valence-corrected chi connectivity index (χ3v) is 7.97. The Morgan fingerprint density at radius 3 is 2.36 bits per heavy atom. The van der Waals surface area contributed by atoms with Gasteiger partial charge in [0, 0.05) is 32.8 Å². The van der Waals surface area contributed by atoms with Crippen LogP contribution in [-0.2, 0) is 18.9 Å². The summed E-state index contributed by atoms with van der Waals surface area (Å²) in [5, 5.41) is 4.04. The second kappa shape index (κ2) is 8.11. The van der Waals surface area contributed by atoms with Crippen molar-refractivity contribution in [3.05, 3.63) is 89.6 Å². The number of hydrogen-bond acceptors (Lipinski definition) is 1. The number of rotatable bonds is 3. The Hall–Kier alpha value is -2.97. The predicted octanol–water partition coefficient (Wildman–Crippen LogP) is 8.38. The normalized spacial score (nSPS) is 12.1. The van der Waals surface area contributed by atoms with E-state index in [1.54, 1.807) is 0 Å². The second-order valence-corrected chi connectivity index (χ2v) is 11.2. The van der Waals surface area contributed by atoms with Crippen LogP contribution in [0.1, 0.15) is 44.4 Å². The van der Waals surface area contributed by atoms with Crippen molar-refractivity contribution in [1.82, 2.24) is 0 Å². The van der Waals surface area contributed by atoms with Crippen LogP contribution in [0.4, 0.5) is 0 Å².